The van der Waals surface area contributed by atoms with E-state index in [1.807, 2.05) is 0 Å². The van der Waals surface area contributed by atoms with Crippen LogP contribution >= 0.6 is 0 Å². The normalized spacial score (nSPS) is 31.7. The summed E-state index contributed by atoms with van der Waals surface area (Å²) < 4.78 is 30.7. The van der Waals surface area contributed by atoms with E-state index in [2.05, 4.69) is 35.8 Å². The Kier molecular flexibility index (Phi) is 4.50. The van der Waals surface area contributed by atoms with Gasteiger partial charge in [0.25, 0.3) is 0 Å². The SMILES string of the molecule is C[C@@H]1CC[C@H](C)N1[C@@H](C)c1nc([C@@H]2CCCN2S(C)(=O)=O)no1. The van der Waals surface area contributed by atoms with Crippen molar-refractivity contribution in [1.82, 2.24) is 19.3 Å². The van der Waals surface area contributed by atoms with E-state index >= 15 is 0 Å². The second-order valence-corrected chi connectivity index (χ2v) is 8.86. The van der Waals surface area contributed by atoms with E-state index in [1.165, 1.54) is 23.4 Å². The van der Waals surface area contributed by atoms with Crippen molar-refractivity contribution in [3.05, 3.63) is 11.7 Å². The molecule has 0 aromatic carbocycles. The van der Waals surface area contributed by atoms with Crippen molar-refractivity contribution in [2.45, 2.75) is 70.6 Å². The molecule has 0 unspecified atom stereocenters. The third-order valence-electron chi connectivity index (χ3n) is 5.21. The first kappa shape index (κ1) is 16.9. The highest BCUT2D eigenvalue weighted by Crippen LogP contribution is 2.35. The molecule has 2 aliphatic rings. The smallest absolute Gasteiger partial charge is 0.243 e. The lowest BCUT2D eigenvalue weighted by Crippen LogP contribution is -2.35. The minimum absolute atomic E-state index is 0.0526. The van der Waals surface area contributed by atoms with Gasteiger partial charge in [0, 0.05) is 18.6 Å². The van der Waals surface area contributed by atoms with Crippen molar-refractivity contribution in [1.29, 1.82) is 0 Å². The molecular weight excluding hydrogens is 316 g/mol. The third kappa shape index (κ3) is 3.16. The predicted octanol–water partition coefficient (Wildman–Crippen LogP) is 2.10. The monoisotopic (exact) mass is 342 g/mol. The van der Waals surface area contributed by atoms with Gasteiger partial charge in [-0.3, -0.25) is 4.90 Å². The lowest BCUT2D eigenvalue weighted by molar-refractivity contribution is 0.128. The Morgan fingerprint density at radius 2 is 1.87 bits per heavy atom. The number of hydrogen-bond donors (Lipinski definition) is 0. The fourth-order valence-electron chi connectivity index (χ4n) is 4.05. The maximum absolute atomic E-state index is 11.9. The lowest BCUT2D eigenvalue weighted by Gasteiger charge is -2.30. The fraction of sp³-hybridized carbons (Fsp3) is 0.867. The summed E-state index contributed by atoms with van der Waals surface area (Å²) in [5.41, 5.74) is 0. The zero-order chi connectivity index (χ0) is 16.8. The number of hydrogen-bond acceptors (Lipinski definition) is 6. The topological polar surface area (TPSA) is 79.5 Å². The predicted molar refractivity (Wildman–Crippen MR) is 86.2 cm³/mol. The molecule has 7 nitrogen and oxygen atoms in total. The van der Waals surface area contributed by atoms with Crippen molar-refractivity contribution in [3.63, 3.8) is 0 Å². The molecule has 1 aromatic heterocycles. The maximum Gasteiger partial charge on any atom is 0.243 e. The molecule has 130 valence electrons. The van der Waals surface area contributed by atoms with Gasteiger partial charge in [-0.15, -0.1) is 0 Å². The van der Waals surface area contributed by atoms with Crippen LogP contribution in [0.5, 0.6) is 0 Å². The van der Waals surface area contributed by atoms with Crippen LogP contribution in [0, 0.1) is 0 Å². The van der Waals surface area contributed by atoms with Gasteiger partial charge in [0.05, 0.1) is 18.3 Å². The van der Waals surface area contributed by atoms with Crippen molar-refractivity contribution in [2.75, 3.05) is 12.8 Å². The quantitative estimate of drug-likeness (QED) is 0.834. The number of nitrogens with zero attached hydrogens (tertiary/aromatic N) is 4. The van der Waals surface area contributed by atoms with E-state index in [0.717, 1.165) is 12.8 Å². The van der Waals surface area contributed by atoms with E-state index in [1.54, 1.807) is 0 Å². The highest BCUT2D eigenvalue weighted by Gasteiger charge is 2.38. The Morgan fingerprint density at radius 3 is 2.48 bits per heavy atom. The van der Waals surface area contributed by atoms with E-state index in [0.29, 0.717) is 30.3 Å². The van der Waals surface area contributed by atoms with Crippen LogP contribution in [0.3, 0.4) is 0 Å². The second-order valence-electron chi connectivity index (χ2n) is 6.92. The largest absolute Gasteiger partial charge is 0.338 e. The molecule has 0 aliphatic carbocycles. The molecule has 0 saturated carbocycles. The molecule has 3 rings (SSSR count). The zero-order valence-electron chi connectivity index (χ0n) is 14.3. The van der Waals surface area contributed by atoms with Gasteiger partial charge < -0.3 is 4.52 Å². The molecule has 23 heavy (non-hydrogen) atoms. The summed E-state index contributed by atoms with van der Waals surface area (Å²) in [6.07, 6.45) is 5.17. The van der Waals surface area contributed by atoms with E-state index < -0.39 is 10.0 Å². The molecule has 0 N–H and O–H groups in total. The van der Waals surface area contributed by atoms with Crippen LogP contribution in [-0.4, -0.2) is 52.6 Å². The molecule has 0 bridgehead atoms. The molecule has 1 aromatic rings. The molecule has 0 amide bonds. The summed E-state index contributed by atoms with van der Waals surface area (Å²) in [5.74, 6) is 1.08. The molecule has 2 saturated heterocycles. The van der Waals surface area contributed by atoms with Gasteiger partial charge in [0.15, 0.2) is 5.82 Å². The number of rotatable bonds is 4. The lowest BCUT2D eigenvalue weighted by atomic mass is 10.2. The van der Waals surface area contributed by atoms with Gasteiger partial charge in [-0.05, 0) is 46.5 Å². The first-order valence-electron chi connectivity index (χ1n) is 8.36. The van der Waals surface area contributed by atoms with Gasteiger partial charge in [-0.25, -0.2) is 8.42 Å². The highest BCUT2D eigenvalue weighted by molar-refractivity contribution is 7.88. The van der Waals surface area contributed by atoms with Crippen LogP contribution in [0.4, 0.5) is 0 Å². The van der Waals surface area contributed by atoms with Crippen molar-refractivity contribution < 1.29 is 12.9 Å². The summed E-state index contributed by atoms with van der Waals surface area (Å²) in [6, 6.07) is 0.753. The summed E-state index contributed by atoms with van der Waals surface area (Å²) in [6.45, 7) is 7.06. The third-order valence-corrected chi connectivity index (χ3v) is 6.50. The van der Waals surface area contributed by atoms with Crippen LogP contribution < -0.4 is 0 Å². The maximum atomic E-state index is 11.9. The first-order valence-corrected chi connectivity index (χ1v) is 10.2. The van der Waals surface area contributed by atoms with Gasteiger partial charge >= 0.3 is 0 Å². The summed E-state index contributed by atoms with van der Waals surface area (Å²) in [5, 5.41) is 4.09. The van der Waals surface area contributed by atoms with Crippen molar-refractivity contribution >= 4 is 10.0 Å². The van der Waals surface area contributed by atoms with Gasteiger partial charge in [-0.1, -0.05) is 5.16 Å². The average Bonchev–Trinajstić information content (AvgIpc) is 3.16. The Balaban J connectivity index is 1.80. The Hall–Kier alpha value is -0.990. The number of sulfonamides is 1. The van der Waals surface area contributed by atoms with Gasteiger partial charge in [-0.2, -0.15) is 9.29 Å². The van der Waals surface area contributed by atoms with Crippen LogP contribution in [0.1, 0.15) is 70.3 Å². The summed E-state index contributed by atoms with van der Waals surface area (Å²) >= 11 is 0. The number of likely N-dealkylation sites (tertiary alicyclic amines) is 1. The fourth-order valence-corrected chi connectivity index (χ4v) is 5.18. The first-order chi connectivity index (χ1) is 10.8. The highest BCUT2D eigenvalue weighted by atomic mass is 32.2. The van der Waals surface area contributed by atoms with Crippen molar-refractivity contribution in [3.8, 4) is 0 Å². The van der Waals surface area contributed by atoms with Crippen LogP contribution in [0.15, 0.2) is 4.52 Å². The van der Waals surface area contributed by atoms with Crippen LogP contribution in [-0.2, 0) is 10.0 Å². The molecule has 2 aliphatic heterocycles. The molecule has 0 radical (unpaired) electrons. The van der Waals surface area contributed by atoms with Crippen LogP contribution in [0.2, 0.25) is 0 Å². The molecule has 0 spiro atoms. The van der Waals surface area contributed by atoms with Crippen molar-refractivity contribution in [2.24, 2.45) is 0 Å². The molecule has 4 atom stereocenters. The Bertz CT molecular complexity index is 649. The minimum Gasteiger partial charge on any atom is -0.338 e. The minimum atomic E-state index is -3.24. The van der Waals surface area contributed by atoms with Gasteiger partial charge in [0.2, 0.25) is 15.9 Å². The summed E-state index contributed by atoms with van der Waals surface area (Å²) in [7, 11) is -3.24. The Morgan fingerprint density at radius 1 is 1.22 bits per heavy atom. The van der Waals surface area contributed by atoms with E-state index in [-0.39, 0.29) is 12.1 Å². The number of aromatic nitrogens is 2. The zero-order valence-corrected chi connectivity index (χ0v) is 15.1. The van der Waals surface area contributed by atoms with E-state index in [9.17, 15) is 8.42 Å². The molecular formula is C15H26N4O3S. The van der Waals surface area contributed by atoms with Gasteiger partial charge in [0.1, 0.15) is 0 Å². The molecule has 2 fully saturated rings. The van der Waals surface area contributed by atoms with Crippen LogP contribution in [0.25, 0.3) is 0 Å². The molecule has 3 heterocycles. The Labute approximate surface area is 138 Å². The average molecular weight is 342 g/mol. The summed E-state index contributed by atoms with van der Waals surface area (Å²) in [4.78, 5) is 6.95. The standard InChI is InChI=1S/C15H26N4O3S/c1-10-7-8-11(2)19(10)12(3)15-16-14(17-22-15)13-6-5-9-18(13)23(4,20)21/h10-13H,5-9H2,1-4H3/t10-,11+,12-,13-/m0/s1. The van der Waals surface area contributed by atoms with E-state index in [4.69, 9.17) is 4.52 Å². The second kappa shape index (κ2) is 6.14. The molecule has 8 heteroatoms.